The molecule has 1 saturated heterocycles. The van der Waals surface area contributed by atoms with E-state index in [0.717, 1.165) is 44.0 Å². The number of nitrogens with zero attached hydrogens (tertiary/aromatic N) is 2. The van der Waals surface area contributed by atoms with Crippen LogP contribution in [0.1, 0.15) is 18.9 Å². The summed E-state index contributed by atoms with van der Waals surface area (Å²) in [6.45, 7) is 9.75. The van der Waals surface area contributed by atoms with E-state index in [-0.39, 0.29) is 5.91 Å². The van der Waals surface area contributed by atoms with Crippen molar-refractivity contribution in [2.75, 3.05) is 50.3 Å². The number of nitrogens with one attached hydrogen (secondary N) is 1. The fraction of sp³-hybridized carbons (Fsp3) is 0.562. The molecule has 0 saturated carbocycles. The van der Waals surface area contributed by atoms with E-state index in [4.69, 9.17) is 5.73 Å². The molecule has 1 aliphatic rings. The van der Waals surface area contributed by atoms with Gasteiger partial charge in [-0.15, -0.1) is 0 Å². The van der Waals surface area contributed by atoms with Crippen molar-refractivity contribution >= 4 is 17.3 Å². The summed E-state index contributed by atoms with van der Waals surface area (Å²) < 4.78 is 0. The molecule has 116 valence electrons. The molecule has 1 aromatic rings. The fourth-order valence-corrected chi connectivity index (χ4v) is 2.73. The number of para-hydroxylation sites is 1. The van der Waals surface area contributed by atoms with Crippen LogP contribution >= 0.6 is 0 Å². The minimum atomic E-state index is 0.0138. The number of hydrogen-bond acceptors (Lipinski definition) is 4. The highest BCUT2D eigenvalue weighted by atomic mass is 16.2. The van der Waals surface area contributed by atoms with E-state index in [9.17, 15) is 4.79 Å². The first-order valence-corrected chi connectivity index (χ1v) is 7.69. The molecule has 0 spiro atoms. The number of nitrogens with two attached hydrogens (primary N) is 1. The van der Waals surface area contributed by atoms with Crippen molar-refractivity contribution < 1.29 is 4.79 Å². The number of hydrogen-bond donors (Lipinski definition) is 2. The molecule has 1 fully saturated rings. The lowest BCUT2D eigenvalue weighted by Crippen LogP contribution is -2.48. The Kier molecular flexibility index (Phi) is 5.59. The van der Waals surface area contributed by atoms with E-state index in [0.29, 0.717) is 12.2 Å². The average molecular weight is 290 g/mol. The maximum Gasteiger partial charge on any atom is 0.238 e. The van der Waals surface area contributed by atoms with Crippen LogP contribution in [0.3, 0.4) is 0 Å². The third-order valence-corrected chi connectivity index (χ3v) is 3.94. The largest absolute Gasteiger partial charge is 0.397 e. The Morgan fingerprint density at radius 3 is 2.52 bits per heavy atom. The second-order valence-electron chi connectivity index (χ2n) is 5.71. The number of benzene rings is 1. The van der Waals surface area contributed by atoms with Crippen LogP contribution in [0.5, 0.6) is 0 Å². The smallest absolute Gasteiger partial charge is 0.238 e. The standard InChI is InChI=1S/C16H26N4O/c1-3-7-19-8-10-20(11-9-19)12-15(21)18-16-13(2)5-4-6-14(16)17/h4-6H,3,7-12,17H2,1-2H3,(H,18,21). The highest BCUT2D eigenvalue weighted by Crippen LogP contribution is 2.22. The number of piperazine rings is 1. The Morgan fingerprint density at radius 2 is 1.90 bits per heavy atom. The van der Waals surface area contributed by atoms with Crippen LogP contribution in [-0.4, -0.2) is 55.0 Å². The molecule has 1 aliphatic heterocycles. The van der Waals surface area contributed by atoms with Crippen LogP contribution in [0.15, 0.2) is 18.2 Å². The number of aryl methyl sites for hydroxylation is 1. The van der Waals surface area contributed by atoms with E-state index in [1.54, 1.807) is 0 Å². The summed E-state index contributed by atoms with van der Waals surface area (Å²) in [7, 11) is 0. The molecule has 0 radical (unpaired) electrons. The predicted molar refractivity (Wildman–Crippen MR) is 87.4 cm³/mol. The van der Waals surface area contributed by atoms with Gasteiger partial charge < -0.3 is 16.0 Å². The molecular weight excluding hydrogens is 264 g/mol. The number of carbonyl (C=O) groups is 1. The SMILES string of the molecule is CCCN1CCN(CC(=O)Nc2c(C)cccc2N)CC1. The van der Waals surface area contributed by atoms with E-state index in [1.165, 1.54) is 6.42 Å². The molecule has 1 heterocycles. The molecule has 5 heteroatoms. The van der Waals surface area contributed by atoms with E-state index < -0.39 is 0 Å². The molecule has 0 unspecified atom stereocenters. The Labute approximate surface area is 127 Å². The molecule has 2 rings (SSSR count). The Hall–Kier alpha value is -1.59. The Balaban J connectivity index is 1.83. The molecule has 0 atom stereocenters. The summed E-state index contributed by atoms with van der Waals surface area (Å²) >= 11 is 0. The van der Waals surface area contributed by atoms with Gasteiger partial charge in [0.15, 0.2) is 0 Å². The topological polar surface area (TPSA) is 61.6 Å². The van der Waals surface area contributed by atoms with Crippen LogP contribution in [0.4, 0.5) is 11.4 Å². The lowest BCUT2D eigenvalue weighted by molar-refractivity contribution is -0.117. The minimum absolute atomic E-state index is 0.0138. The zero-order valence-electron chi connectivity index (χ0n) is 13.1. The van der Waals surface area contributed by atoms with Crippen LogP contribution in [0.2, 0.25) is 0 Å². The van der Waals surface area contributed by atoms with Crippen molar-refractivity contribution in [2.45, 2.75) is 20.3 Å². The molecule has 1 amide bonds. The second-order valence-corrected chi connectivity index (χ2v) is 5.71. The normalized spacial score (nSPS) is 16.9. The van der Waals surface area contributed by atoms with Crippen molar-refractivity contribution in [3.63, 3.8) is 0 Å². The molecule has 1 aromatic carbocycles. The van der Waals surface area contributed by atoms with Crippen LogP contribution < -0.4 is 11.1 Å². The van der Waals surface area contributed by atoms with Gasteiger partial charge in [-0.05, 0) is 31.5 Å². The Bertz CT molecular complexity index is 461. The molecule has 3 N–H and O–H groups in total. The average Bonchev–Trinajstić information content (AvgIpc) is 2.45. The van der Waals surface area contributed by atoms with Gasteiger partial charge in [-0.25, -0.2) is 0 Å². The first-order chi connectivity index (χ1) is 10.1. The van der Waals surface area contributed by atoms with Gasteiger partial charge in [0.2, 0.25) is 5.91 Å². The zero-order chi connectivity index (χ0) is 15.2. The lowest BCUT2D eigenvalue weighted by Gasteiger charge is -2.34. The fourth-order valence-electron chi connectivity index (χ4n) is 2.73. The summed E-state index contributed by atoms with van der Waals surface area (Å²) in [5, 5.41) is 2.94. The highest BCUT2D eigenvalue weighted by Gasteiger charge is 2.18. The molecular formula is C16H26N4O. The van der Waals surface area contributed by atoms with Gasteiger partial charge in [-0.1, -0.05) is 19.1 Å². The number of nitrogen functional groups attached to an aromatic ring is 1. The molecule has 5 nitrogen and oxygen atoms in total. The summed E-state index contributed by atoms with van der Waals surface area (Å²) in [4.78, 5) is 16.8. The summed E-state index contributed by atoms with van der Waals surface area (Å²) in [6.07, 6.45) is 1.19. The number of amides is 1. The molecule has 0 aliphatic carbocycles. The molecule has 21 heavy (non-hydrogen) atoms. The highest BCUT2D eigenvalue weighted by molar-refractivity contribution is 5.96. The van der Waals surface area contributed by atoms with Crippen LogP contribution in [0.25, 0.3) is 0 Å². The van der Waals surface area contributed by atoms with Crippen molar-refractivity contribution in [3.8, 4) is 0 Å². The molecule has 0 bridgehead atoms. The van der Waals surface area contributed by atoms with Gasteiger partial charge >= 0.3 is 0 Å². The monoisotopic (exact) mass is 290 g/mol. The van der Waals surface area contributed by atoms with E-state index >= 15 is 0 Å². The number of carbonyl (C=O) groups excluding carboxylic acids is 1. The quantitative estimate of drug-likeness (QED) is 0.808. The van der Waals surface area contributed by atoms with Crippen molar-refractivity contribution in [2.24, 2.45) is 0 Å². The summed E-state index contributed by atoms with van der Waals surface area (Å²) in [5.41, 5.74) is 8.28. The van der Waals surface area contributed by atoms with Gasteiger partial charge in [0.1, 0.15) is 0 Å². The van der Waals surface area contributed by atoms with Gasteiger partial charge in [0, 0.05) is 26.2 Å². The van der Waals surface area contributed by atoms with E-state index in [1.807, 2.05) is 25.1 Å². The molecule has 0 aromatic heterocycles. The van der Waals surface area contributed by atoms with Crippen molar-refractivity contribution in [3.05, 3.63) is 23.8 Å². The number of anilines is 2. The summed E-state index contributed by atoms with van der Waals surface area (Å²) in [5.74, 6) is 0.0138. The van der Waals surface area contributed by atoms with Crippen molar-refractivity contribution in [1.29, 1.82) is 0 Å². The second kappa shape index (κ2) is 7.43. The third-order valence-electron chi connectivity index (χ3n) is 3.94. The number of rotatable bonds is 5. The Morgan fingerprint density at radius 1 is 1.24 bits per heavy atom. The van der Waals surface area contributed by atoms with Gasteiger partial charge in [0.25, 0.3) is 0 Å². The van der Waals surface area contributed by atoms with E-state index in [2.05, 4.69) is 22.0 Å². The van der Waals surface area contributed by atoms with Gasteiger partial charge in [-0.2, -0.15) is 0 Å². The van der Waals surface area contributed by atoms with Crippen molar-refractivity contribution in [1.82, 2.24) is 9.80 Å². The predicted octanol–water partition coefficient (Wildman–Crippen LogP) is 1.54. The van der Waals surface area contributed by atoms with Crippen LogP contribution in [-0.2, 0) is 4.79 Å². The zero-order valence-corrected chi connectivity index (χ0v) is 13.1. The third kappa shape index (κ3) is 4.44. The first kappa shape index (κ1) is 15.8. The van der Waals surface area contributed by atoms with Gasteiger partial charge in [0.05, 0.1) is 17.9 Å². The summed E-state index contributed by atoms with van der Waals surface area (Å²) in [6, 6.07) is 5.66. The maximum atomic E-state index is 12.2. The lowest BCUT2D eigenvalue weighted by atomic mass is 10.1. The maximum absolute atomic E-state index is 12.2. The minimum Gasteiger partial charge on any atom is -0.397 e. The van der Waals surface area contributed by atoms with Crippen LogP contribution in [0, 0.1) is 6.92 Å². The van der Waals surface area contributed by atoms with Gasteiger partial charge in [-0.3, -0.25) is 9.69 Å². The first-order valence-electron chi connectivity index (χ1n) is 7.69.